The highest BCUT2D eigenvalue weighted by Gasteiger charge is 2.18. The van der Waals surface area contributed by atoms with Crippen LogP contribution >= 0.6 is 0 Å². The first-order chi connectivity index (χ1) is 10.5. The molecule has 2 aromatic rings. The number of amides is 2. The van der Waals surface area contributed by atoms with E-state index in [2.05, 4.69) is 15.7 Å². The van der Waals surface area contributed by atoms with Gasteiger partial charge in [0.1, 0.15) is 23.7 Å². The smallest absolute Gasteiger partial charge is 0.262 e. The Labute approximate surface area is 126 Å². The van der Waals surface area contributed by atoms with Crippen LogP contribution in [0.2, 0.25) is 0 Å². The Kier molecular flexibility index (Phi) is 4.72. The van der Waals surface area contributed by atoms with Crippen LogP contribution in [0.3, 0.4) is 0 Å². The molecular formula is C14H15FN4O3. The lowest BCUT2D eigenvalue weighted by Crippen LogP contribution is -2.23. The van der Waals surface area contributed by atoms with Crippen molar-refractivity contribution in [2.45, 2.75) is 6.54 Å². The summed E-state index contributed by atoms with van der Waals surface area (Å²) < 4.78 is 20.1. The summed E-state index contributed by atoms with van der Waals surface area (Å²) in [6.07, 6.45) is 2.84. The number of anilines is 1. The van der Waals surface area contributed by atoms with Gasteiger partial charge in [0.15, 0.2) is 0 Å². The fourth-order valence-electron chi connectivity index (χ4n) is 1.83. The second kappa shape index (κ2) is 6.70. The average Bonchev–Trinajstić information content (AvgIpc) is 2.93. The van der Waals surface area contributed by atoms with Crippen LogP contribution in [-0.4, -0.2) is 35.8 Å². The molecule has 0 aliphatic carbocycles. The van der Waals surface area contributed by atoms with Gasteiger partial charge in [0.25, 0.3) is 5.91 Å². The molecule has 0 saturated heterocycles. The van der Waals surface area contributed by atoms with Crippen molar-refractivity contribution in [2.75, 3.05) is 19.5 Å². The summed E-state index contributed by atoms with van der Waals surface area (Å²) in [4.78, 5) is 23.4. The van der Waals surface area contributed by atoms with E-state index in [9.17, 15) is 14.0 Å². The second-order valence-electron chi connectivity index (χ2n) is 4.37. The van der Waals surface area contributed by atoms with Crippen LogP contribution in [0.4, 0.5) is 10.1 Å². The topological polar surface area (TPSA) is 85.2 Å². The van der Waals surface area contributed by atoms with Gasteiger partial charge in [-0.25, -0.2) is 4.39 Å². The van der Waals surface area contributed by atoms with Crippen LogP contribution < -0.4 is 15.4 Å². The molecule has 2 N–H and O–H groups in total. The zero-order valence-electron chi connectivity index (χ0n) is 12.1. The molecule has 0 bridgehead atoms. The molecule has 1 heterocycles. The third kappa shape index (κ3) is 3.40. The van der Waals surface area contributed by atoms with E-state index in [0.717, 1.165) is 0 Å². The summed E-state index contributed by atoms with van der Waals surface area (Å²) in [5, 5.41) is 8.90. The number of benzene rings is 1. The van der Waals surface area contributed by atoms with Crippen molar-refractivity contribution in [1.29, 1.82) is 0 Å². The van der Waals surface area contributed by atoms with Gasteiger partial charge < -0.3 is 15.4 Å². The number of aromatic nitrogens is 2. The third-order valence-corrected chi connectivity index (χ3v) is 2.90. The number of nitrogens with zero attached hydrogens (tertiary/aromatic N) is 2. The summed E-state index contributed by atoms with van der Waals surface area (Å²) in [6.45, 7) is 0.0232. The van der Waals surface area contributed by atoms with Crippen molar-refractivity contribution in [3.05, 3.63) is 42.0 Å². The summed E-state index contributed by atoms with van der Waals surface area (Å²) in [5.74, 6) is -1.43. The van der Waals surface area contributed by atoms with Gasteiger partial charge >= 0.3 is 0 Å². The maximum Gasteiger partial charge on any atom is 0.262 e. The van der Waals surface area contributed by atoms with Crippen molar-refractivity contribution in [3.63, 3.8) is 0 Å². The van der Waals surface area contributed by atoms with Gasteiger partial charge in [-0.05, 0) is 12.1 Å². The Hall–Kier alpha value is -2.90. The number of ether oxygens (including phenoxy) is 1. The number of likely N-dealkylation sites (N-methyl/N-ethyl adjacent to an activating group) is 1. The highest BCUT2D eigenvalue weighted by molar-refractivity contribution is 6.06. The number of carbonyl (C=O) groups is 2. The van der Waals surface area contributed by atoms with Crippen molar-refractivity contribution in [2.24, 2.45) is 0 Å². The van der Waals surface area contributed by atoms with Gasteiger partial charge in [0, 0.05) is 13.2 Å². The lowest BCUT2D eigenvalue weighted by molar-refractivity contribution is -0.121. The van der Waals surface area contributed by atoms with Crippen LogP contribution in [0.5, 0.6) is 5.75 Å². The fourth-order valence-corrected chi connectivity index (χ4v) is 1.83. The molecule has 1 aromatic carbocycles. The monoisotopic (exact) mass is 306 g/mol. The van der Waals surface area contributed by atoms with E-state index in [4.69, 9.17) is 4.74 Å². The van der Waals surface area contributed by atoms with Crippen molar-refractivity contribution >= 4 is 17.5 Å². The molecule has 0 fully saturated rings. The van der Waals surface area contributed by atoms with E-state index in [1.54, 1.807) is 0 Å². The Balaban J connectivity index is 2.14. The summed E-state index contributed by atoms with van der Waals surface area (Å²) in [7, 11) is 2.87. The van der Waals surface area contributed by atoms with Crippen LogP contribution in [0, 0.1) is 5.82 Å². The molecule has 0 radical (unpaired) electrons. The van der Waals surface area contributed by atoms with Crippen molar-refractivity contribution < 1.29 is 18.7 Å². The number of halogens is 1. The third-order valence-electron chi connectivity index (χ3n) is 2.90. The molecule has 0 aliphatic heterocycles. The normalized spacial score (nSPS) is 10.1. The number of nitrogens with one attached hydrogen (secondary N) is 2. The largest absolute Gasteiger partial charge is 0.496 e. The number of methoxy groups -OCH3 is 1. The fraction of sp³-hybridized carbons (Fsp3) is 0.214. The maximum absolute atomic E-state index is 13.8. The molecule has 22 heavy (non-hydrogen) atoms. The molecule has 0 saturated carbocycles. The molecule has 2 rings (SSSR count). The summed E-state index contributed by atoms with van der Waals surface area (Å²) >= 11 is 0. The van der Waals surface area contributed by atoms with Gasteiger partial charge in [-0.15, -0.1) is 0 Å². The molecule has 0 spiro atoms. The molecule has 0 unspecified atom stereocenters. The van der Waals surface area contributed by atoms with E-state index < -0.39 is 11.7 Å². The van der Waals surface area contributed by atoms with E-state index >= 15 is 0 Å². The Bertz CT molecular complexity index is 699. The van der Waals surface area contributed by atoms with Crippen molar-refractivity contribution in [1.82, 2.24) is 15.1 Å². The first-order valence-electron chi connectivity index (χ1n) is 6.42. The lowest BCUT2D eigenvalue weighted by Gasteiger charge is -2.08. The number of hydrogen-bond acceptors (Lipinski definition) is 4. The molecule has 7 nitrogen and oxygen atoms in total. The van der Waals surface area contributed by atoms with Crippen LogP contribution in [-0.2, 0) is 11.3 Å². The van der Waals surface area contributed by atoms with Gasteiger partial charge in [-0.1, -0.05) is 6.07 Å². The lowest BCUT2D eigenvalue weighted by atomic mass is 10.1. The minimum Gasteiger partial charge on any atom is -0.496 e. The first kappa shape index (κ1) is 15.5. The average molecular weight is 306 g/mol. The first-order valence-corrected chi connectivity index (χ1v) is 6.42. The summed E-state index contributed by atoms with van der Waals surface area (Å²) in [5.41, 5.74) is 0.156. The van der Waals surface area contributed by atoms with E-state index in [1.807, 2.05) is 0 Å². The highest BCUT2D eigenvalue weighted by atomic mass is 19.1. The molecule has 0 aliphatic rings. The molecule has 1 aromatic heterocycles. The SMILES string of the molecule is CNC(=O)Cn1cc(NC(=O)c2c(F)cccc2OC)cn1. The summed E-state index contributed by atoms with van der Waals surface area (Å²) in [6, 6.07) is 4.12. The zero-order valence-corrected chi connectivity index (χ0v) is 12.1. The van der Waals surface area contributed by atoms with Gasteiger partial charge in [0.2, 0.25) is 5.91 Å². The predicted molar refractivity (Wildman–Crippen MR) is 77.2 cm³/mol. The minimum atomic E-state index is -0.686. The quantitative estimate of drug-likeness (QED) is 0.864. The minimum absolute atomic E-state index is 0.0232. The van der Waals surface area contributed by atoms with Crippen molar-refractivity contribution in [3.8, 4) is 5.75 Å². The van der Waals surface area contributed by atoms with E-state index in [-0.39, 0.29) is 23.8 Å². The van der Waals surface area contributed by atoms with Crippen LogP contribution in [0.25, 0.3) is 0 Å². The standard InChI is InChI=1S/C14H15FN4O3/c1-16-12(20)8-19-7-9(6-17-19)18-14(21)13-10(15)4-3-5-11(13)22-2/h3-7H,8H2,1-2H3,(H,16,20)(H,18,21). The number of rotatable bonds is 5. The highest BCUT2D eigenvalue weighted by Crippen LogP contribution is 2.22. The molecular weight excluding hydrogens is 291 g/mol. The number of carbonyl (C=O) groups excluding carboxylic acids is 2. The van der Waals surface area contributed by atoms with Crippen LogP contribution in [0.1, 0.15) is 10.4 Å². The number of hydrogen-bond donors (Lipinski definition) is 2. The van der Waals surface area contributed by atoms with E-state index in [1.165, 1.54) is 49.4 Å². The Morgan fingerprint density at radius 3 is 2.86 bits per heavy atom. The second-order valence-corrected chi connectivity index (χ2v) is 4.37. The van der Waals surface area contributed by atoms with Gasteiger partial charge in [-0.2, -0.15) is 5.10 Å². The zero-order chi connectivity index (χ0) is 16.1. The molecule has 8 heteroatoms. The van der Waals surface area contributed by atoms with Gasteiger partial charge in [-0.3, -0.25) is 14.3 Å². The molecule has 0 atom stereocenters. The maximum atomic E-state index is 13.8. The molecule has 2 amide bonds. The Morgan fingerprint density at radius 1 is 1.41 bits per heavy atom. The van der Waals surface area contributed by atoms with E-state index in [0.29, 0.717) is 5.69 Å². The predicted octanol–water partition coefficient (Wildman–Crippen LogP) is 1.03. The Morgan fingerprint density at radius 2 is 2.18 bits per heavy atom. The molecule has 116 valence electrons. The van der Waals surface area contributed by atoms with Gasteiger partial charge in [0.05, 0.1) is 19.0 Å². The van der Waals surface area contributed by atoms with Crippen LogP contribution in [0.15, 0.2) is 30.6 Å².